The molecular formula is C12H13BrClN3O2. The summed E-state index contributed by atoms with van der Waals surface area (Å²) in [5, 5.41) is 15.1. The number of halogens is 2. The number of rotatable bonds is 3. The SMILES string of the molecule is N/C(=N/O)C1(C(=O)Nc2cc(Cl)ccc2Br)CCC1. The Bertz CT molecular complexity index is 544. The van der Waals surface area contributed by atoms with Crippen LogP contribution in [-0.4, -0.2) is 17.0 Å². The van der Waals surface area contributed by atoms with Crippen molar-refractivity contribution in [3.05, 3.63) is 27.7 Å². The zero-order chi connectivity index (χ0) is 14.0. The predicted octanol–water partition coefficient (Wildman–Crippen LogP) is 2.96. The minimum Gasteiger partial charge on any atom is -0.409 e. The van der Waals surface area contributed by atoms with Gasteiger partial charge in [-0.2, -0.15) is 0 Å². The number of nitrogens with zero attached hydrogens (tertiary/aromatic N) is 1. The summed E-state index contributed by atoms with van der Waals surface area (Å²) < 4.78 is 0.722. The Balaban J connectivity index is 2.23. The molecule has 0 spiro atoms. The second-order valence-corrected chi connectivity index (χ2v) is 5.79. The van der Waals surface area contributed by atoms with E-state index in [0.29, 0.717) is 23.6 Å². The lowest BCUT2D eigenvalue weighted by molar-refractivity contribution is -0.125. The van der Waals surface area contributed by atoms with Crippen molar-refractivity contribution in [1.82, 2.24) is 0 Å². The van der Waals surface area contributed by atoms with Gasteiger partial charge in [0.1, 0.15) is 5.41 Å². The van der Waals surface area contributed by atoms with Gasteiger partial charge < -0.3 is 16.3 Å². The molecule has 5 nitrogen and oxygen atoms in total. The molecule has 1 fully saturated rings. The number of oxime groups is 1. The zero-order valence-electron chi connectivity index (χ0n) is 9.99. The monoisotopic (exact) mass is 345 g/mol. The third-order valence-electron chi connectivity index (χ3n) is 3.42. The van der Waals surface area contributed by atoms with Crippen LogP contribution in [0.5, 0.6) is 0 Å². The number of hydrogen-bond acceptors (Lipinski definition) is 3. The second kappa shape index (κ2) is 5.38. The van der Waals surface area contributed by atoms with Gasteiger partial charge in [-0.1, -0.05) is 23.2 Å². The number of benzene rings is 1. The summed E-state index contributed by atoms with van der Waals surface area (Å²) in [5.74, 6) is -0.327. The van der Waals surface area contributed by atoms with Gasteiger partial charge in [0.2, 0.25) is 5.91 Å². The summed E-state index contributed by atoms with van der Waals surface area (Å²) in [7, 11) is 0. The van der Waals surface area contributed by atoms with E-state index in [1.807, 2.05) is 0 Å². The van der Waals surface area contributed by atoms with E-state index in [-0.39, 0.29) is 11.7 Å². The molecule has 4 N–H and O–H groups in total. The molecule has 0 aliphatic heterocycles. The van der Waals surface area contributed by atoms with Crippen LogP contribution in [0.3, 0.4) is 0 Å². The molecule has 0 saturated heterocycles. The van der Waals surface area contributed by atoms with Gasteiger partial charge in [-0.15, -0.1) is 0 Å². The highest BCUT2D eigenvalue weighted by Gasteiger charge is 2.48. The fraction of sp³-hybridized carbons (Fsp3) is 0.333. The van der Waals surface area contributed by atoms with E-state index >= 15 is 0 Å². The highest BCUT2D eigenvalue weighted by molar-refractivity contribution is 9.10. The Hall–Kier alpha value is -1.27. The number of amides is 1. The van der Waals surface area contributed by atoms with Crippen molar-refractivity contribution in [3.63, 3.8) is 0 Å². The number of anilines is 1. The lowest BCUT2D eigenvalue weighted by Crippen LogP contribution is -2.51. The quantitative estimate of drug-likeness (QED) is 0.340. The maximum atomic E-state index is 12.3. The largest absolute Gasteiger partial charge is 0.409 e. The fourth-order valence-corrected chi connectivity index (χ4v) is 2.58. The van der Waals surface area contributed by atoms with Gasteiger partial charge in [0, 0.05) is 9.50 Å². The van der Waals surface area contributed by atoms with Crippen LogP contribution >= 0.6 is 27.5 Å². The van der Waals surface area contributed by atoms with Crippen LogP contribution in [0.25, 0.3) is 0 Å². The van der Waals surface area contributed by atoms with E-state index in [2.05, 4.69) is 26.4 Å². The number of carbonyl (C=O) groups excluding carboxylic acids is 1. The third-order valence-corrected chi connectivity index (χ3v) is 4.34. The predicted molar refractivity (Wildman–Crippen MR) is 77.5 cm³/mol. The third kappa shape index (κ3) is 2.55. The summed E-state index contributed by atoms with van der Waals surface area (Å²) in [6.45, 7) is 0. The minimum absolute atomic E-state index is 0.0469. The van der Waals surface area contributed by atoms with Gasteiger partial charge in [0.05, 0.1) is 5.69 Å². The maximum Gasteiger partial charge on any atom is 0.238 e. The van der Waals surface area contributed by atoms with Crippen molar-refractivity contribution >= 4 is 45.0 Å². The van der Waals surface area contributed by atoms with Gasteiger partial charge in [0.15, 0.2) is 5.84 Å². The summed E-state index contributed by atoms with van der Waals surface area (Å²) in [5.41, 5.74) is 5.30. The van der Waals surface area contributed by atoms with Crippen molar-refractivity contribution in [3.8, 4) is 0 Å². The van der Waals surface area contributed by atoms with Crippen LogP contribution in [-0.2, 0) is 4.79 Å². The molecule has 0 unspecified atom stereocenters. The molecule has 0 atom stereocenters. The lowest BCUT2D eigenvalue weighted by Gasteiger charge is -2.38. The van der Waals surface area contributed by atoms with Gasteiger partial charge >= 0.3 is 0 Å². The Kier molecular flexibility index (Phi) is 4.01. The molecule has 1 amide bonds. The van der Waals surface area contributed by atoms with Gasteiger partial charge in [-0.3, -0.25) is 4.79 Å². The van der Waals surface area contributed by atoms with E-state index in [1.54, 1.807) is 18.2 Å². The molecule has 1 aromatic rings. The lowest BCUT2D eigenvalue weighted by atomic mass is 9.67. The maximum absolute atomic E-state index is 12.3. The van der Waals surface area contributed by atoms with Crippen LogP contribution in [0.2, 0.25) is 5.02 Å². The van der Waals surface area contributed by atoms with Crippen molar-refractivity contribution in [2.45, 2.75) is 19.3 Å². The molecule has 1 aliphatic carbocycles. The van der Waals surface area contributed by atoms with Crippen molar-refractivity contribution in [2.75, 3.05) is 5.32 Å². The molecule has 0 bridgehead atoms. The molecule has 1 aromatic carbocycles. The van der Waals surface area contributed by atoms with E-state index in [4.69, 9.17) is 22.5 Å². The average molecular weight is 347 g/mol. The van der Waals surface area contributed by atoms with Crippen molar-refractivity contribution in [1.29, 1.82) is 0 Å². The Labute approximate surface area is 123 Å². The molecule has 0 aromatic heterocycles. The van der Waals surface area contributed by atoms with E-state index in [0.717, 1.165) is 10.9 Å². The first-order valence-corrected chi connectivity index (χ1v) is 6.91. The number of amidine groups is 1. The molecule has 0 heterocycles. The van der Waals surface area contributed by atoms with E-state index in [9.17, 15) is 4.79 Å². The molecule has 1 aliphatic rings. The molecule has 0 radical (unpaired) electrons. The standard InChI is InChI=1S/C12H13BrClN3O2/c13-8-3-2-7(14)6-9(8)16-11(18)12(4-1-5-12)10(15)17-19/h2-3,6,19H,1,4-5H2,(H2,15,17)(H,16,18). The number of nitrogens with one attached hydrogen (secondary N) is 1. The summed E-state index contributed by atoms with van der Waals surface area (Å²) >= 11 is 9.23. The number of hydrogen-bond donors (Lipinski definition) is 3. The molecule has 1 saturated carbocycles. The van der Waals surface area contributed by atoms with Gasteiger partial charge in [-0.05, 0) is 47.0 Å². The zero-order valence-corrected chi connectivity index (χ0v) is 12.3. The first-order chi connectivity index (χ1) is 8.99. The Morgan fingerprint density at radius 1 is 1.53 bits per heavy atom. The molecule has 7 heteroatoms. The van der Waals surface area contributed by atoms with Crippen molar-refractivity contribution < 1.29 is 10.0 Å². The summed E-state index contributed by atoms with van der Waals surface area (Å²) in [6.07, 6.45) is 2.03. The highest BCUT2D eigenvalue weighted by Crippen LogP contribution is 2.42. The van der Waals surface area contributed by atoms with Crippen molar-refractivity contribution in [2.24, 2.45) is 16.3 Å². The first-order valence-electron chi connectivity index (χ1n) is 5.74. The number of carbonyl (C=O) groups is 1. The average Bonchev–Trinajstić information content (AvgIpc) is 2.32. The van der Waals surface area contributed by atoms with Gasteiger partial charge in [0.25, 0.3) is 0 Å². The van der Waals surface area contributed by atoms with E-state index < -0.39 is 5.41 Å². The molecule has 19 heavy (non-hydrogen) atoms. The van der Waals surface area contributed by atoms with Crippen LogP contribution in [0.1, 0.15) is 19.3 Å². The van der Waals surface area contributed by atoms with Gasteiger partial charge in [-0.25, -0.2) is 0 Å². The first kappa shape index (κ1) is 14.1. The highest BCUT2D eigenvalue weighted by atomic mass is 79.9. The summed E-state index contributed by atoms with van der Waals surface area (Å²) in [6, 6.07) is 5.10. The fourth-order valence-electron chi connectivity index (χ4n) is 2.06. The normalized spacial score (nSPS) is 17.7. The smallest absolute Gasteiger partial charge is 0.238 e. The number of nitrogens with two attached hydrogens (primary N) is 1. The minimum atomic E-state index is -0.906. The van der Waals surface area contributed by atoms with E-state index in [1.165, 1.54) is 0 Å². The van der Waals surface area contributed by atoms with Crippen LogP contribution < -0.4 is 11.1 Å². The van der Waals surface area contributed by atoms with Crippen LogP contribution in [0, 0.1) is 5.41 Å². The summed E-state index contributed by atoms with van der Waals surface area (Å²) in [4.78, 5) is 12.3. The molecular weight excluding hydrogens is 334 g/mol. The Morgan fingerprint density at radius 2 is 2.21 bits per heavy atom. The topological polar surface area (TPSA) is 87.7 Å². The molecule has 102 valence electrons. The van der Waals surface area contributed by atoms with Crippen LogP contribution in [0.4, 0.5) is 5.69 Å². The molecule has 2 rings (SSSR count). The Morgan fingerprint density at radius 3 is 2.74 bits per heavy atom. The second-order valence-electron chi connectivity index (χ2n) is 4.50. The van der Waals surface area contributed by atoms with Crippen LogP contribution in [0.15, 0.2) is 27.8 Å².